The molecule has 3 N–H and O–H groups in total. The molecule has 0 aromatic heterocycles. The Kier molecular flexibility index (Phi) is 4.13. The molecule has 0 radical (unpaired) electrons. The summed E-state index contributed by atoms with van der Waals surface area (Å²) in [5.74, 6) is -0.808. The van der Waals surface area contributed by atoms with Crippen LogP contribution in [0.1, 0.15) is 51.4 Å². The maximum atomic E-state index is 12.0. The van der Waals surface area contributed by atoms with Gasteiger partial charge in [-0.3, -0.25) is 9.59 Å². The molecule has 0 aromatic rings. The van der Waals surface area contributed by atoms with Crippen LogP contribution < -0.4 is 10.6 Å². The Bertz CT molecular complexity index is 358. The van der Waals surface area contributed by atoms with Gasteiger partial charge in [-0.05, 0) is 32.7 Å². The van der Waals surface area contributed by atoms with Crippen LogP contribution in [0.2, 0.25) is 0 Å². The minimum Gasteiger partial charge on any atom is -0.481 e. The fourth-order valence-electron chi connectivity index (χ4n) is 3.00. The van der Waals surface area contributed by atoms with Gasteiger partial charge in [-0.15, -0.1) is 0 Å². The van der Waals surface area contributed by atoms with Gasteiger partial charge in [0.25, 0.3) is 0 Å². The topological polar surface area (TPSA) is 78.4 Å². The highest BCUT2D eigenvalue weighted by molar-refractivity contribution is 5.81. The molecule has 0 heterocycles. The number of carboxylic acid groups (broad SMARTS) is 1. The van der Waals surface area contributed by atoms with Crippen molar-refractivity contribution >= 4 is 11.9 Å². The average Bonchev–Trinajstić information content (AvgIpc) is 3.19. The van der Waals surface area contributed by atoms with Gasteiger partial charge in [-0.2, -0.15) is 0 Å². The largest absolute Gasteiger partial charge is 0.481 e. The van der Waals surface area contributed by atoms with Gasteiger partial charge in [0.15, 0.2) is 0 Å². The molecule has 0 aromatic carbocycles. The molecule has 0 spiro atoms. The Morgan fingerprint density at radius 2 is 1.74 bits per heavy atom. The lowest BCUT2D eigenvalue weighted by atomic mass is 9.79. The summed E-state index contributed by atoms with van der Waals surface area (Å²) in [6, 6.07) is 0. The number of carboxylic acids is 1. The summed E-state index contributed by atoms with van der Waals surface area (Å²) in [4.78, 5) is 23.1. The summed E-state index contributed by atoms with van der Waals surface area (Å²) >= 11 is 0. The molecule has 0 saturated heterocycles. The predicted octanol–water partition coefficient (Wildman–Crippen LogP) is 1.28. The number of hydrogen-bond donors (Lipinski definition) is 3. The fourth-order valence-corrected chi connectivity index (χ4v) is 3.00. The summed E-state index contributed by atoms with van der Waals surface area (Å²) < 4.78 is 0. The third-order valence-electron chi connectivity index (χ3n) is 4.77. The van der Waals surface area contributed by atoms with E-state index in [9.17, 15) is 9.59 Å². The van der Waals surface area contributed by atoms with Gasteiger partial charge in [0, 0.05) is 18.5 Å². The van der Waals surface area contributed by atoms with Crippen molar-refractivity contribution < 1.29 is 14.7 Å². The van der Waals surface area contributed by atoms with Crippen molar-refractivity contribution in [2.24, 2.45) is 5.41 Å². The van der Waals surface area contributed by atoms with Gasteiger partial charge in [0.05, 0.1) is 5.41 Å². The minimum atomic E-state index is -0.784. The maximum absolute atomic E-state index is 12.0. The molecule has 0 aliphatic heterocycles. The van der Waals surface area contributed by atoms with E-state index in [0.717, 1.165) is 25.7 Å². The number of amides is 1. The molecule has 0 bridgehead atoms. The van der Waals surface area contributed by atoms with E-state index in [1.807, 2.05) is 7.05 Å². The van der Waals surface area contributed by atoms with E-state index in [1.54, 1.807) is 0 Å². The number of nitrogens with one attached hydrogen (secondary N) is 2. The highest BCUT2D eigenvalue weighted by Crippen LogP contribution is 2.45. The number of hydrogen-bond acceptors (Lipinski definition) is 3. The molecule has 19 heavy (non-hydrogen) atoms. The van der Waals surface area contributed by atoms with Gasteiger partial charge in [-0.25, -0.2) is 0 Å². The first-order chi connectivity index (χ1) is 9.02. The van der Waals surface area contributed by atoms with Gasteiger partial charge in [-0.1, -0.05) is 19.3 Å². The van der Waals surface area contributed by atoms with Crippen molar-refractivity contribution in [2.75, 3.05) is 13.6 Å². The van der Waals surface area contributed by atoms with Crippen LogP contribution >= 0.6 is 0 Å². The molecule has 108 valence electrons. The SMILES string of the molecule is CNC1(CC(=O)NCC2(C(=O)O)CC2)CCCCC1. The average molecular weight is 268 g/mol. The molecule has 2 aliphatic rings. The first-order valence-corrected chi connectivity index (χ1v) is 7.21. The Morgan fingerprint density at radius 3 is 2.21 bits per heavy atom. The van der Waals surface area contributed by atoms with Crippen LogP contribution in [0.5, 0.6) is 0 Å². The molecule has 2 aliphatic carbocycles. The fraction of sp³-hybridized carbons (Fsp3) is 0.857. The molecule has 5 heteroatoms. The van der Waals surface area contributed by atoms with E-state index in [4.69, 9.17) is 5.11 Å². The van der Waals surface area contributed by atoms with Crippen molar-refractivity contribution in [2.45, 2.75) is 56.9 Å². The van der Waals surface area contributed by atoms with Crippen molar-refractivity contribution in [3.63, 3.8) is 0 Å². The molecule has 5 nitrogen and oxygen atoms in total. The van der Waals surface area contributed by atoms with E-state index in [-0.39, 0.29) is 18.0 Å². The summed E-state index contributed by atoms with van der Waals surface area (Å²) in [7, 11) is 1.91. The van der Waals surface area contributed by atoms with Crippen LogP contribution in [-0.4, -0.2) is 36.1 Å². The summed E-state index contributed by atoms with van der Waals surface area (Å²) in [6.45, 7) is 0.279. The van der Waals surface area contributed by atoms with E-state index in [0.29, 0.717) is 19.3 Å². The number of carbonyl (C=O) groups is 2. The molecule has 2 rings (SSSR count). The van der Waals surface area contributed by atoms with Crippen LogP contribution in [0.25, 0.3) is 0 Å². The summed E-state index contributed by atoms with van der Waals surface area (Å²) in [5.41, 5.74) is -0.753. The van der Waals surface area contributed by atoms with Gasteiger partial charge < -0.3 is 15.7 Å². The zero-order valence-electron chi connectivity index (χ0n) is 11.6. The Labute approximate surface area is 114 Å². The Hall–Kier alpha value is -1.10. The normalized spacial score (nSPS) is 23.6. The van der Waals surface area contributed by atoms with Crippen LogP contribution in [0.15, 0.2) is 0 Å². The molecule has 2 fully saturated rings. The molecule has 1 amide bonds. The van der Waals surface area contributed by atoms with Crippen molar-refractivity contribution in [3.8, 4) is 0 Å². The van der Waals surface area contributed by atoms with Crippen molar-refractivity contribution in [1.29, 1.82) is 0 Å². The van der Waals surface area contributed by atoms with Gasteiger partial charge in [0.1, 0.15) is 0 Å². The van der Waals surface area contributed by atoms with E-state index >= 15 is 0 Å². The molecule has 0 atom stereocenters. The summed E-state index contributed by atoms with van der Waals surface area (Å²) in [6.07, 6.45) is 7.44. The number of rotatable bonds is 6. The molecular formula is C14H24N2O3. The lowest BCUT2D eigenvalue weighted by Gasteiger charge is -2.36. The smallest absolute Gasteiger partial charge is 0.311 e. The first-order valence-electron chi connectivity index (χ1n) is 7.21. The standard InChI is InChI=1S/C14H24N2O3/c1-15-14(5-3-2-4-6-14)9-11(17)16-10-13(7-8-13)12(18)19/h15H,2-10H2,1H3,(H,16,17)(H,18,19). The predicted molar refractivity (Wildman–Crippen MR) is 71.8 cm³/mol. The third kappa shape index (κ3) is 3.26. The maximum Gasteiger partial charge on any atom is 0.311 e. The Morgan fingerprint density at radius 1 is 1.11 bits per heavy atom. The van der Waals surface area contributed by atoms with Crippen LogP contribution in [0, 0.1) is 5.41 Å². The third-order valence-corrected chi connectivity index (χ3v) is 4.77. The van der Waals surface area contributed by atoms with E-state index in [1.165, 1.54) is 6.42 Å². The van der Waals surface area contributed by atoms with E-state index in [2.05, 4.69) is 10.6 Å². The summed E-state index contributed by atoms with van der Waals surface area (Å²) in [5, 5.41) is 15.2. The first kappa shape index (κ1) is 14.3. The lowest BCUT2D eigenvalue weighted by Crippen LogP contribution is -2.49. The molecular weight excluding hydrogens is 244 g/mol. The van der Waals surface area contributed by atoms with Crippen LogP contribution in [0.3, 0.4) is 0 Å². The second-order valence-corrected chi connectivity index (χ2v) is 6.13. The highest BCUT2D eigenvalue weighted by Gasteiger charge is 2.50. The highest BCUT2D eigenvalue weighted by atomic mass is 16.4. The minimum absolute atomic E-state index is 0.0243. The lowest BCUT2D eigenvalue weighted by molar-refractivity contribution is -0.143. The second kappa shape index (κ2) is 5.49. The number of aliphatic carboxylic acids is 1. The van der Waals surface area contributed by atoms with Gasteiger partial charge >= 0.3 is 5.97 Å². The molecule has 0 unspecified atom stereocenters. The zero-order chi connectivity index (χ0) is 13.9. The Balaban J connectivity index is 1.81. The quantitative estimate of drug-likeness (QED) is 0.678. The zero-order valence-corrected chi connectivity index (χ0v) is 11.6. The van der Waals surface area contributed by atoms with Crippen molar-refractivity contribution in [1.82, 2.24) is 10.6 Å². The van der Waals surface area contributed by atoms with Gasteiger partial charge in [0.2, 0.25) is 5.91 Å². The van der Waals surface area contributed by atoms with Crippen LogP contribution in [0.4, 0.5) is 0 Å². The molecule has 2 saturated carbocycles. The van der Waals surface area contributed by atoms with Crippen LogP contribution in [-0.2, 0) is 9.59 Å². The van der Waals surface area contributed by atoms with E-state index < -0.39 is 11.4 Å². The second-order valence-electron chi connectivity index (χ2n) is 6.13. The number of carbonyl (C=O) groups excluding carboxylic acids is 1. The van der Waals surface area contributed by atoms with Crippen molar-refractivity contribution in [3.05, 3.63) is 0 Å². The monoisotopic (exact) mass is 268 g/mol.